The van der Waals surface area contributed by atoms with Crippen LogP contribution in [0.5, 0.6) is 0 Å². The van der Waals surface area contributed by atoms with Crippen LogP contribution in [0.15, 0.2) is 59.7 Å². The second-order valence-corrected chi connectivity index (χ2v) is 6.36. The highest BCUT2D eigenvalue weighted by Crippen LogP contribution is 2.42. The zero-order valence-corrected chi connectivity index (χ0v) is 13.3. The third-order valence-corrected chi connectivity index (χ3v) is 4.93. The van der Waals surface area contributed by atoms with Gasteiger partial charge in [0, 0.05) is 18.4 Å². The molecule has 116 valence electrons. The van der Waals surface area contributed by atoms with Gasteiger partial charge in [-0.05, 0) is 30.4 Å². The molecule has 0 aromatic heterocycles. The molecule has 23 heavy (non-hydrogen) atoms. The molecule has 2 atom stereocenters. The van der Waals surface area contributed by atoms with Gasteiger partial charge in [0.25, 0.3) is 0 Å². The molecule has 0 bridgehead atoms. The van der Waals surface area contributed by atoms with E-state index in [1.807, 2.05) is 18.2 Å². The Labute approximate surface area is 136 Å². The molecule has 3 heteroatoms. The van der Waals surface area contributed by atoms with Crippen molar-refractivity contribution in [2.24, 2.45) is 11.0 Å². The molecular formula is C20H20N2O. The number of hydrazone groups is 1. The van der Waals surface area contributed by atoms with E-state index in [1.165, 1.54) is 16.7 Å². The SMILES string of the molecule is CC(=O)N1N=C2c3ccccc3CCC[C@@H]2[C@@H]1c1ccccc1. The van der Waals surface area contributed by atoms with Crippen molar-refractivity contribution in [2.45, 2.75) is 32.2 Å². The minimum absolute atomic E-state index is 0.0110. The molecule has 0 spiro atoms. The number of carbonyl (C=O) groups excluding carboxylic acids is 1. The summed E-state index contributed by atoms with van der Waals surface area (Å²) in [6.45, 7) is 1.61. The molecule has 1 aliphatic heterocycles. The Morgan fingerprint density at radius 1 is 1.09 bits per heavy atom. The van der Waals surface area contributed by atoms with Crippen LogP contribution in [0.3, 0.4) is 0 Å². The van der Waals surface area contributed by atoms with Crippen molar-refractivity contribution < 1.29 is 4.79 Å². The Morgan fingerprint density at radius 2 is 1.83 bits per heavy atom. The summed E-state index contributed by atoms with van der Waals surface area (Å²) in [6.07, 6.45) is 3.29. The normalized spacial score (nSPS) is 22.8. The summed E-state index contributed by atoms with van der Waals surface area (Å²) >= 11 is 0. The van der Waals surface area contributed by atoms with Crippen LogP contribution in [0.2, 0.25) is 0 Å². The molecule has 2 aromatic rings. The van der Waals surface area contributed by atoms with Crippen LogP contribution < -0.4 is 0 Å². The molecule has 2 aliphatic rings. The first-order valence-corrected chi connectivity index (χ1v) is 8.27. The standard InChI is InChI=1S/C20H20N2O/c1-14(23)22-20(16-9-3-2-4-10-16)18-13-7-11-15-8-5-6-12-17(15)19(18)21-22/h2-6,8-10,12,18,20H,7,11,13H2,1H3/t18-,20-/m0/s1. The predicted octanol–water partition coefficient (Wildman–Crippen LogP) is 3.95. The zero-order valence-electron chi connectivity index (χ0n) is 13.3. The minimum atomic E-state index is 0.0110. The van der Waals surface area contributed by atoms with Crippen LogP contribution >= 0.6 is 0 Å². The summed E-state index contributed by atoms with van der Waals surface area (Å²) in [5.41, 5.74) is 4.83. The van der Waals surface area contributed by atoms with Gasteiger partial charge in [0.15, 0.2) is 0 Å². The summed E-state index contributed by atoms with van der Waals surface area (Å²) in [5.74, 6) is 0.293. The third kappa shape index (κ3) is 2.37. The Balaban J connectivity index is 1.84. The van der Waals surface area contributed by atoms with Gasteiger partial charge in [-0.1, -0.05) is 54.6 Å². The van der Waals surface area contributed by atoms with Gasteiger partial charge in [0.1, 0.15) is 0 Å². The minimum Gasteiger partial charge on any atom is -0.273 e. The van der Waals surface area contributed by atoms with Gasteiger partial charge in [0.2, 0.25) is 5.91 Å². The second kappa shape index (κ2) is 5.65. The largest absolute Gasteiger partial charge is 0.273 e. The molecule has 4 rings (SSSR count). The number of hydrogen-bond acceptors (Lipinski definition) is 2. The maximum absolute atomic E-state index is 12.2. The monoisotopic (exact) mass is 304 g/mol. The van der Waals surface area contributed by atoms with Crippen LogP contribution in [-0.4, -0.2) is 16.6 Å². The maximum Gasteiger partial charge on any atom is 0.240 e. The number of nitrogens with zero attached hydrogens (tertiary/aromatic N) is 2. The zero-order chi connectivity index (χ0) is 15.8. The molecule has 3 nitrogen and oxygen atoms in total. The van der Waals surface area contributed by atoms with E-state index in [0.717, 1.165) is 25.0 Å². The molecule has 0 radical (unpaired) electrons. The van der Waals surface area contributed by atoms with E-state index >= 15 is 0 Å². The third-order valence-electron chi connectivity index (χ3n) is 4.93. The quantitative estimate of drug-likeness (QED) is 0.785. The first-order chi connectivity index (χ1) is 11.3. The highest BCUT2D eigenvalue weighted by atomic mass is 16.2. The first-order valence-electron chi connectivity index (χ1n) is 8.27. The lowest BCUT2D eigenvalue weighted by Gasteiger charge is -2.26. The number of rotatable bonds is 1. The number of aryl methyl sites for hydroxylation is 1. The Bertz CT molecular complexity index is 766. The van der Waals surface area contributed by atoms with Crippen molar-refractivity contribution >= 4 is 11.6 Å². The average molecular weight is 304 g/mol. The van der Waals surface area contributed by atoms with E-state index in [9.17, 15) is 4.79 Å². The van der Waals surface area contributed by atoms with Gasteiger partial charge in [-0.25, -0.2) is 5.01 Å². The fourth-order valence-electron chi connectivity index (χ4n) is 3.91. The molecule has 1 amide bonds. The van der Waals surface area contributed by atoms with Gasteiger partial charge in [0.05, 0.1) is 11.8 Å². The van der Waals surface area contributed by atoms with Crippen molar-refractivity contribution in [1.82, 2.24) is 5.01 Å². The van der Waals surface area contributed by atoms with Gasteiger partial charge in [-0.2, -0.15) is 5.10 Å². The average Bonchev–Trinajstić information content (AvgIpc) is 2.86. The molecular weight excluding hydrogens is 284 g/mol. The molecule has 0 saturated heterocycles. The van der Waals surface area contributed by atoms with Crippen LogP contribution in [-0.2, 0) is 11.2 Å². The lowest BCUT2D eigenvalue weighted by atomic mass is 9.85. The van der Waals surface area contributed by atoms with E-state index in [4.69, 9.17) is 5.10 Å². The van der Waals surface area contributed by atoms with Crippen molar-refractivity contribution in [3.05, 3.63) is 71.3 Å². The van der Waals surface area contributed by atoms with E-state index in [0.29, 0.717) is 0 Å². The number of benzene rings is 2. The predicted molar refractivity (Wildman–Crippen MR) is 91.1 cm³/mol. The van der Waals surface area contributed by atoms with E-state index < -0.39 is 0 Å². The van der Waals surface area contributed by atoms with Crippen LogP contribution in [0, 0.1) is 5.92 Å². The van der Waals surface area contributed by atoms with Crippen LogP contribution in [0.4, 0.5) is 0 Å². The second-order valence-electron chi connectivity index (χ2n) is 6.36. The van der Waals surface area contributed by atoms with Crippen LogP contribution in [0.1, 0.15) is 42.5 Å². The van der Waals surface area contributed by atoms with Crippen LogP contribution in [0.25, 0.3) is 0 Å². The molecule has 0 unspecified atom stereocenters. The number of carbonyl (C=O) groups is 1. The molecule has 2 aromatic carbocycles. The highest BCUT2D eigenvalue weighted by molar-refractivity contribution is 6.06. The number of hydrogen-bond donors (Lipinski definition) is 0. The van der Waals surface area contributed by atoms with E-state index in [2.05, 4.69) is 36.4 Å². The molecule has 0 fully saturated rings. The van der Waals surface area contributed by atoms with Crippen molar-refractivity contribution in [3.63, 3.8) is 0 Å². The summed E-state index contributed by atoms with van der Waals surface area (Å²) in [6, 6.07) is 18.8. The van der Waals surface area contributed by atoms with Gasteiger partial charge >= 0.3 is 0 Å². The summed E-state index contributed by atoms with van der Waals surface area (Å²) < 4.78 is 0. The van der Waals surface area contributed by atoms with Crippen molar-refractivity contribution in [3.8, 4) is 0 Å². The van der Waals surface area contributed by atoms with E-state index in [1.54, 1.807) is 11.9 Å². The summed E-state index contributed by atoms with van der Waals surface area (Å²) in [7, 11) is 0. The fraction of sp³-hybridized carbons (Fsp3) is 0.300. The smallest absolute Gasteiger partial charge is 0.240 e. The molecule has 1 aliphatic carbocycles. The Kier molecular flexibility index (Phi) is 3.49. The summed E-state index contributed by atoms with van der Waals surface area (Å²) in [4.78, 5) is 12.2. The Hall–Kier alpha value is -2.42. The van der Waals surface area contributed by atoms with Gasteiger partial charge < -0.3 is 0 Å². The van der Waals surface area contributed by atoms with Crippen molar-refractivity contribution in [2.75, 3.05) is 0 Å². The van der Waals surface area contributed by atoms with Crippen molar-refractivity contribution in [1.29, 1.82) is 0 Å². The van der Waals surface area contributed by atoms with Gasteiger partial charge in [-0.3, -0.25) is 4.79 Å². The molecule has 0 N–H and O–H groups in total. The number of fused-ring (bicyclic) bond motifs is 3. The topological polar surface area (TPSA) is 32.7 Å². The maximum atomic E-state index is 12.2. The highest BCUT2D eigenvalue weighted by Gasteiger charge is 2.41. The first kappa shape index (κ1) is 14.2. The molecule has 0 saturated carbocycles. The Morgan fingerprint density at radius 3 is 2.61 bits per heavy atom. The lowest BCUT2D eigenvalue weighted by molar-refractivity contribution is -0.131. The fourth-order valence-corrected chi connectivity index (χ4v) is 3.91. The summed E-state index contributed by atoms with van der Waals surface area (Å²) in [5, 5.41) is 6.46. The van der Waals surface area contributed by atoms with E-state index in [-0.39, 0.29) is 17.9 Å². The number of amides is 1. The lowest BCUT2D eigenvalue weighted by Crippen LogP contribution is -2.29. The molecule has 1 heterocycles. The van der Waals surface area contributed by atoms with Gasteiger partial charge in [-0.15, -0.1) is 0 Å².